The Morgan fingerprint density at radius 1 is 1.08 bits per heavy atom. The van der Waals surface area contributed by atoms with Crippen molar-refractivity contribution in [3.8, 4) is 6.01 Å². The first-order chi connectivity index (χ1) is 11.7. The summed E-state index contributed by atoms with van der Waals surface area (Å²) in [6, 6.07) is 10.1. The Morgan fingerprint density at radius 2 is 1.79 bits per heavy atom. The summed E-state index contributed by atoms with van der Waals surface area (Å²) >= 11 is 0. The van der Waals surface area contributed by atoms with Crippen LogP contribution in [0.4, 0.5) is 5.82 Å². The second-order valence-electron chi connectivity index (χ2n) is 6.42. The molecule has 0 aliphatic carbocycles. The van der Waals surface area contributed by atoms with E-state index in [9.17, 15) is 5.11 Å². The molecule has 1 aromatic carbocycles. The highest BCUT2D eigenvalue weighted by atomic mass is 16.3. The lowest BCUT2D eigenvalue weighted by Gasteiger charge is -2.14. The molecule has 123 valence electrons. The third-order valence-corrected chi connectivity index (χ3v) is 4.57. The summed E-state index contributed by atoms with van der Waals surface area (Å²) in [6.07, 6.45) is 3.37. The van der Waals surface area contributed by atoms with E-state index < -0.39 is 6.01 Å². The minimum atomic E-state index is -0.556. The predicted octanol–water partition coefficient (Wildman–Crippen LogP) is 2.87. The third kappa shape index (κ3) is 3.05. The van der Waals surface area contributed by atoms with Gasteiger partial charge in [0.15, 0.2) is 0 Å². The summed E-state index contributed by atoms with van der Waals surface area (Å²) in [7, 11) is 0. The molecule has 0 unspecified atom stereocenters. The first-order valence-corrected chi connectivity index (χ1v) is 8.30. The zero-order valence-corrected chi connectivity index (χ0v) is 13.5. The molecule has 1 saturated heterocycles. The smallest absolute Gasteiger partial charge is 0.371 e. The summed E-state index contributed by atoms with van der Waals surface area (Å²) in [5, 5.41) is 12.0. The van der Waals surface area contributed by atoms with Crippen LogP contribution in [0, 0.1) is 0 Å². The summed E-state index contributed by atoms with van der Waals surface area (Å²) in [5.41, 5.74) is 9.83. The molecule has 0 saturated carbocycles. The monoisotopic (exact) mass is 322 g/mol. The van der Waals surface area contributed by atoms with Crippen molar-refractivity contribution in [3.05, 3.63) is 47.2 Å². The average Bonchev–Trinajstić information content (AvgIpc) is 3.19. The molecule has 3 heterocycles. The van der Waals surface area contributed by atoms with Gasteiger partial charge >= 0.3 is 6.01 Å². The number of H-pyrrole nitrogens is 1. The van der Waals surface area contributed by atoms with Gasteiger partial charge in [0.25, 0.3) is 0 Å². The van der Waals surface area contributed by atoms with Crippen molar-refractivity contribution >= 4 is 16.9 Å². The van der Waals surface area contributed by atoms with E-state index in [0.717, 1.165) is 18.7 Å². The number of nitrogens with zero attached hydrogens (tertiary/aromatic N) is 3. The standard InChI is InChI=1S/C18H20N5O/c19-16-15-10-14(20-17(15)22-18(24)21-16)9-12-3-5-13(6-4-12)11-23-7-1-2-8-23/h3-6,10H,1-2,7-9,11H2,(H3,19,20,21,22). The van der Waals surface area contributed by atoms with Crippen LogP contribution in [0.15, 0.2) is 30.3 Å². The molecule has 4 rings (SSSR count). The molecule has 1 aliphatic rings. The molecule has 1 fully saturated rings. The highest BCUT2D eigenvalue weighted by molar-refractivity contribution is 5.87. The Balaban J connectivity index is 1.49. The first-order valence-electron chi connectivity index (χ1n) is 8.30. The van der Waals surface area contributed by atoms with E-state index in [2.05, 4.69) is 44.1 Å². The van der Waals surface area contributed by atoms with Gasteiger partial charge in [-0.3, -0.25) is 4.90 Å². The Labute approximate surface area is 140 Å². The van der Waals surface area contributed by atoms with Gasteiger partial charge < -0.3 is 10.7 Å². The zero-order chi connectivity index (χ0) is 16.5. The van der Waals surface area contributed by atoms with Crippen molar-refractivity contribution in [1.29, 1.82) is 0 Å². The van der Waals surface area contributed by atoms with Gasteiger partial charge in [-0.2, -0.15) is 9.97 Å². The van der Waals surface area contributed by atoms with E-state index >= 15 is 0 Å². The quantitative estimate of drug-likeness (QED) is 0.772. The van der Waals surface area contributed by atoms with Gasteiger partial charge in [0.05, 0.1) is 5.39 Å². The molecule has 3 aromatic rings. The van der Waals surface area contributed by atoms with Crippen molar-refractivity contribution in [3.63, 3.8) is 0 Å². The molecule has 1 aliphatic heterocycles. The summed E-state index contributed by atoms with van der Waals surface area (Å²) < 4.78 is 0. The van der Waals surface area contributed by atoms with Crippen molar-refractivity contribution in [2.24, 2.45) is 0 Å². The fourth-order valence-electron chi connectivity index (χ4n) is 3.34. The maximum Gasteiger partial charge on any atom is 0.371 e. The van der Waals surface area contributed by atoms with Crippen LogP contribution in [0.2, 0.25) is 0 Å². The number of hydrogen-bond donors (Lipinski definition) is 2. The van der Waals surface area contributed by atoms with E-state index in [-0.39, 0.29) is 5.82 Å². The van der Waals surface area contributed by atoms with E-state index in [0.29, 0.717) is 11.0 Å². The molecular weight excluding hydrogens is 302 g/mol. The van der Waals surface area contributed by atoms with Crippen LogP contribution >= 0.6 is 0 Å². The van der Waals surface area contributed by atoms with Crippen molar-refractivity contribution in [2.75, 3.05) is 18.8 Å². The predicted molar refractivity (Wildman–Crippen MR) is 92.2 cm³/mol. The largest absolute Gasteiger partial charge is 0.383 e. The normalized spacial score (nSPS) is 15.3. The number of hydrogen-bond acceptors (Lipinski definition) is 4. The number of anilines is 1. The summed E-state index contributed by atoms with van der Waals surface area (Å²) in [6.45, 7) is 3.45. The topological polar surface area (TPSA) is 90.7 Å². The molecule has 0 amide bonds. The van der Waals surface area contributed by atoms with Gasteiger partial charge in [0, 0.05) is 18.7 Å². The van der Waals surface area contributed by atoms with Crippen LogP contribution in [0.3, 0.4) is 0 Å². The molecule has 24 heavy (non-hydrogen) atoms. The van der Waals surface area contributed by atoms with Gasteiger partial charge in [-0.1, -0.05) is 24.3 Å². The summed E-state index contributed by atoms with van der Waals surface area (Å²) in [5.74, 6) is 0.230. The number of benzene rings is 1. The molecular formula is C18H20N5O. The number of likely N-dealkylation sites (tertiary alicyclic amines) is 1. The second-order valence-corrected chi connectivity index (χ2v) is 6.42. The molecule has 0 spiro atoms. The molecule has 1 radical (unpaired) electrons. The number of nitrogens with one attached hydrogen (secondary N) is 1. The van der Waals surface area contributed by atoms with Crippen molar-refractivity contribution < 1.29 is 5.11 Å². The van der Waals surface area contributed by atoms with Crippen LogP contribution in [-0.4, -0.2) is 32.9 Å². The van der Waals surface area contributed by atoms with E-state index in [1.165, 1.54) is 37.1 Å². The maximum absolute atomic E-state index is 11.3. The van der Waals surface area contributed by atoms with Gasteiger partial charge in [-0.15, -0.1) is 0 Å². The van der Waals surface area contributed by atoms with Gasteiger partial charge in [-0.05, 0) is 43.1 Å². The van der Waals surface area contributed by atoms with E-state index in [1.54, 1.807) is 0 Å². The molecule has 2 aromatic heterocycles. The lowest BCUT2D eigenvalue weighted by molar-refractivity contribution is 0.321. The Kier molecular flexibility index (Phi) is 3.82. The average molecular weight is 322 g/mol. The van der Waals surface area contributed by atoms with Crippen molar-refractivity contribution in [2.45, 2.75) is 25.8 Å². The van der Waals surface area contributed by atoms with Crippen LogP contribution in [-0.2, 0) is 18.1 Å². The molecule has 3 N–H and O–H groups in total. The molecule has 6 heteroatoms. The third-order valence-electron chi connectivity index (χ3n) is 4.57. The Hall–Kier alpha value is -2.60. The lowest BCUT2D eigenvalue weighted by Crippen LogP contribution is -2.18. The zero-order valence-electron chi connectivity index (χ0n) is 13.5. The number of fused-ring (bicyclic) bond motifs is 1. The van der Waals surface area contributed by atoms with E-state index in [1.807, 2.05) is 6.07 Å². The SMILES string of the molecule is Nc1nc([O])nc2[nH]c(Cc3ccc(CN4CCCC4)cc3)cc12. The number of nitrogens with two attached hydrogens (primary N) is 1. The molecule has 6 nitrogen and oxygen atoms in total. The fraction of sp³-hybridized carbons (Fsp3) is 0.333. The number of aromatic nitrogens is 3. The number of rotatable bonds is 4. The minimum Gasteiger partial charge on any atom is -0.383 e. The summed E-state index contributed by atoms with van der Waals surface area (Å²) in [4.78, 5) is 13.2. The van der Waals surface area contributed by atoms with Gasteiger partial charge in [0.1, 0.15) is 11.5 Å². The number of aromatic amines is 1. The maximum atomic E-state index is 11.3. The first kappa shape index (κ1) is 15.0. The fourth-order valence-corrected chi connectivity index (χ4v) is 3.34. The highest BCUT2D eigenvalue weighted by Gasteiger charge is 2.12. The lowest BCUT2D eigenvalue weighted by atomic mass is 10.1. The highest BCUT2D eigenvalue weighted by Crippen LogP contribution is 2.23. The van der Waals surface area contributed by atoms with Gasteiger partial charge in [0.2, 0.25) is 0 Å². The number of nitrogen functional groups attached to an aromatic ring is 1. The Bertz CT molecular complexity index is 850. The molecule has 0 bridgehead atoms. The van der Waals surface area contributed by atoms with Crippen molar-refractivity contribution in [1.82, 2.24) is 19.9 Å². The minimum absolute atomic E-state index is 0.230. The van der Waals surface area contributed by atoms with Crippen LogP contribution in [0.5, 0.6) is 6.01 Å². The Morgan fingerprint density at radius 3 is 2.54 bits per heavy atom. The second kappa shape index (κ2) is 6.13. The van der Waals surface area contributed by atoms with Crippen LogP contribution in [0.1, 0.15) is 29.7 Å². The molecule has 0 atom stereocenters. The van der Waals surface area contributed by atoms with Crippen LogP contribution < -0.4 is 5.73 Å². The van der Waals surface area contributed by atoms with Crippen LogP contribution in [0.25, 0.3) is 11.0 Å². The van der Waals surface area contributed by atoms with Gasteiger partial charge in [-0.25, -0.2) is 5.11 Å². The van der Waals surface area contributed by atoms with E-state index in [4.69, 9.17) is 5.73 Å².